The Balaban J connectivity index is 1.41. The van der Waals surface area contributed by atoms with Crippen LogP contribution >= 0.6 is 11.3 Å². The average Bonchev–Trinajstić information content (AvgIpc) is 3.12. The zero-order chi connectivity index (χ0) is 19.1. The molecule has 5 nitrogen and oxygen atoms in total. The highest BCUT2D eigenvalue weighted by Crippen LogP contribution is 2.21. The monoisotopic (exact) mass is 379 g/mol. The number of nitrogens with one attached hydrogen (secondary N) is 2. The molecule has 6 heteroatoms. The van der Waals surface area contributed by atoms with Gasteiger partial charge in [0.1, 0.15) is 0 Å². The van der Waals surface area contributed by atoms with E-state index in [1.165, 1.54) is 0 Å². The van der Waals surface area contributed by atoms with Gasteiger partial charge in [-0.25, -0.2) is 4.98 Å². The number of carbonyl (C=O) groups excluding carboxylic acids is 2. The van der Waals surface area contributed by atoms with Gasteiger partial charge in [0.2, 0.25) is 11.8 Å². The lowest BCUT2D eigenvalue weighted by molar-refractivity contribution is -0.125. The number of amides is 2. The summed E-state index contributed by atoms with van der Waals surface area (Å²) in [6, 6.07) is 17.4. The molecule has 0 unspecified atom stereocenters. The van der Waals surface area contributed by atoms with Crippen LogP contribution in [0.25, 0.3) is 11.3 Å². The van der Waals surface area contributed by atoms with Crippen LogP contribution in [0.1, 0.15) is 16.1 Å². The van der Waals surface area contributed by atoms with E-state index < -0.39 is 0 Å². The summed E-state index contributed by atoms with van der Waals surface area (Å²) in [4.78, 5) is 28.3. The highest BCUT2D eigenvalue weighted by molar-refractivity contribution is 7.09. The largest absolute Gasteiger partial charge is 0.350 e. The molecule has 1 aromatic heterocycles. The first-order chi connectivity index (χ1) is 13.1. The van der Waals surface area contributed by atoms with E-state index in [-0.39, 0.29) is 24.8 Å². The molecule has 0 radical (unpaired) electrons. The van der Waals surface area contributed by atoms with E-state index in [1.54, 1.807) is 11.3 Å². The van der Waals surface area contributed by atoms with Crippen LogP contribution in [0.15, 0.2) is 60.0 Å². The van der Waals surface area contributed by atoms with Crippen LogP contribution in [0, 0.1) is 6.92 Å². The number of nitrogens with zero attached hydrogens (tertiary/aromatic N) is 1. The van der Waals surface area contributed by atoms with Crippen molar-refractivity contribution in [3.05, 3.63) is 76.1 Å². The fourth-order valence-corrected chi connectivity index (χ4v) is 3.20. The fraction of sp³-hybridized carbons (Fsp3) is 0.190. The average molecular weight is 379 g/mol. The summed E-state index contributed by atoms with van der Waals surface area (Å²) in [5.74, 6) is -0.380. The lowest BCUT2D eigenvalue weighted by atomic mass is 10.1. The van der Waals surface area contributed by atoms with E-state index in [2.05, 4.69) is 15.6 Å². The Kier molecular flexibility index (Phi) is 6.33. The summed E-state index contributed by atoms with van der Waals surface area (Å²) < 4.78 is 0. The van der Waals surface area contributed by atoms with Gasteiger partial charge in [-0.05, 0) is 18.1 Å². The second kappa shape index (κ2) is 9.09. The van der Waals surface area contributed by atoms with Crippen LogP contribution in [0.3, 0.4) is 0 Å². The Hall–Kier alpha value is -2.99. The van der Waals surface area contributed by atoms with Crippen LogP contribution in [0.2, 0.25) is 0 Å². The van der Waals surface area contributed by atoms with Crippen LogP contribution in [0.4, 0.5) is 0 Å². The van der Waals surface area contributed by atoms with Crippen molar-refractivity contribution >= 4 is 23.2 Å². The first kappa shape index (κ1) is 18.8. The molecule has 138 valence electrons. The molecule has 0 saturated heterocycles. The number of carbonyl (C=O) groups is 2. The second-order valence-corrected chi connectivity index (χ2v) is 7.23. The van der Waals surface area contributed by atoms with Crippen LogP contribution < -0.4 is 10.6 Å². The van der Waals surface area contributed by atoms with Gasteiger partial charge in [0, 0.05) is 17.5 Å². The summed E-state index contributed by atoms with van der Waals surface area (Å²) in [6.07, 6.45) is 0.270. The van der Waals surface area contributed by atoms with Crippen molar-refractivity contribution in [3.63, 3.8) is 0 Å². The Morgan fingerprint density at radius 3 is 2.33 bits per heavy atom. The molecule has 2 aromatic carbocycles. The smallest absolute Gasteiger partial charge is 0.239 e. The molecule has 1 heterocycles. The first-order valence-electron chi connectivity index (χ1n) is 8.69. The molecule has 3 rings (SSSR count). The lowest BCUT2D eigenvalue weighted by Gasteiger charge is -2.08. The Labute approximate surface area is 162 Å². The third-order valence-corrected chi connectivity index (χ3v) is 4.79. The second-order valence-electron chi connectivity index (χ2n) is 6.16. The summed E-state index contributed by atoms with van der Waals surface area (Å²) in [5.41, 5.74) is 3.94. The van der Waals surface area contributed by atoms with Gasteiger partial charge in [-0.3, -0.25) is 9.59 Å². The summed E-state index contributed by atoms with van der Waals surface area (Å²) >= 11 is 1.62. The maximum absolute atomic E-state index is 11.9. The molecular weight excluding hydrogens is 358 g/mol. The molecule has 0 aliphatic rings. The standard InChI is InChI=1S/C21H21N3O2S/c1-15-24-19(14-27-15)18-9-7-17(8-10-18)12-22-21(26)13-23-20(25)11-16-5-3-2-4-6-16/h2-10,14H,11-13H2,1H3,(H,22,26)(H,23,25). The Bertz CT molecular complexity index is 905. The van der Waals surface area contributed by atoms with Gasteiger partial charge in [0.15, 0.2) is 0 Å². The quantitative estimate of drug-likeness (QED) is 0.663. The first-order valence-corrected chi connectivity index (χ1v) is 9.57. The minimum Gasteiger partial charge on any atom is -0.350 e. The third-order valence-electron chi connectivity index (χ3n) is 4.01. The van der Waals surface area contributed by atoms with Crippen molar-refractivity contribution in [2.45, 2.75) is 19.9 Å². The van der Waals surface area contributed by atoms with Crippen molar-refractivity contribution in [3.8, 4) is 11.3 Å². The van der Waals surface area contributed by atoms with Crippen molar-refractivity contribution in [1.29, 1.82) is 0 Å². The normalized spacial score (nSPS) is 10.4. The van der Waals surface area contributed by atoms with Crippen molar-refractivity contribution in [2.24, 2.45) is 0 Å². The van der Waals surface area contributed by atoms with Crippen molar-refractivity contribution in [2.75, 3.05) is 6.54 Å². The predicted molar refractivity (Wildman–Crippen MR) is 107 cm³/mol. The molecule has 0 fully saturated rings. The van der Waals surface area contributed by atoms with Crippen LogP contribution in [-0.2, 0) is 22.6 Å². The van der Waals surface area contributed by atoms with Gasteiger partial charge in [0.05, 0.1) is 23.7 Å². The van der Waals surface area contributed by atoms with E-state index in [9.17, 15) is 9.59 Å². The third kappa shape index (κ3) is 5.76. The van der Waals surface area contributed by atoms with Gasteiger partial charge in [-0.2, -0.15) is 0 Å². The van der Waals surface area contributed by atoms with Crippen molar-refractivity contribution in [1.82, 2.24) is 15.6 Å². The van der Waals surface area contributed by atoms with E-state index in [0.717, 1.165) is 27.4 Å². The molecule has 0 saturated carbocycles. The highest BCUT2D eigenvalue weighted by atomic mass is 32.1. The van der Waals surface area contributed by atoms with Crippen LogP contribution in [0.5, 0.6) is 0 Å². The van der Waals surface area contributed by atoms with Crippen LogP contribution in [-0.4, -0.2) is 23.3 Å². The summed E-state index contributed by atoms with van der Waals surface area (Å²) in [5, 5.41) is 8.53. The van der Waals surface area contributed by atoms with Gasteiger partial charge in [-0.15, -0.1) is 11.3 Å². The molecule has 27 heavy (non-hydrogen) atoms. The number of hydrogen-bond donors (Lipinski definition) is 2. The van der Waals surface area contributed by atoms with Gasteiger partial charge >= 0.3 is 0 Å². The number of aromatic nitrogens is 1. The van der Waals surface area contributed by atoms with Gasteiger partial charge < -0.3 is 10.6 Å². The highest BCUT2D eigenvalue weighted by Gasteiger charge is 2.07. The van der Waals surface area contributed by atoms with E-state index in [0.29, 0.717) is 6.54 Å². The van der Waals surface area contributed by atoms with Gasteiger partial charge in [0.25, 0.3) is 0 Å². The number of thiazole rings is 1. The number of hydrogen-bond acceptors (Lipinski definition) is 4. The maximum Gasteiger partial charge on any atom is 0.239 e. The molecule has 0 bridgehead atoms. The molecular formula is C21H21N3O2S. The van der Waals surface area contributed by atoms with Crippen molar-refractivity contribution < 1.29 is 9.59 Å². The molecule has 0 spiro atoms. The maximum atomic E-state index is 11.9. The number of aryl methyl sites for hydroxylation is 1. The SMILES string of the molecule is Cc1nc(-c2ccc(CNC(=O)CNC(=O)Cc3ccccc3)cc2)cs1. The zero-order valence-corrected chi connectivity index (χ0v) is 15.9. The van der Waals surface area contributed by atoms with E-state index in [4.69, 9.17) is 0 Å². The topological polar surface area (TPSA) is 71.1 Å². The zero-order valence-electron chi connectivity index (χ0n) is 15.1. The Morgan fingerprint density at radius 1 is 0.926 bits per heavy atom. The molecule has 0 aliphatic heterocycles. The number of benzene rings is 2. The molecule has 2 N–H and O–H groups in total. The lowest BCUT2D eigenvalue weighted by Crippen LogP contribution is -2.37. The predicted octanol–water partition coefficient (Wildman–Crippen LogP) is 3.09. The minimum absolute atomic E-state index is 0.0259. The molecule has 3 aromatic rings. The molecule has 0 aliphatic carbocycles. The molecule has 0 atom stereocenters. The van der Waals surface area contributed by atoms with E-state index in [1.807, 2.05) is 66.9 Å². The minimum atomic E-state index is -0.212. The summed E-state index contributed by atoms with van der Waals surface area (Å²) in [6.45, 7) is 2.38. The fourth-order valence-electron chi connectivity index (χ4n) is 2.58. The Morgan fingerprint density at radius 2 is 1.67 bits per heavy atom. The molecule has 2 amide bonds. The number of rotatable bonds is 7. The van der Waals surface area contributed by atoms with E-state index >= 15 is 0 Å². The summed E-state index contributed by atoms with van der Waals surface area (Å²) in [7, 11) is 0. The van der Waals surface area contributed by atoms with Gasteiger partial charge in [-0.1, -0.05) is 54.6 Å².